The van der Waals surface area contributed by atoms with Crippen molar-refractivity contribution in [2.75, 3.05) is 72.9 Å². The number of nitrogens with one attached hydrogen (secondary N) is 2. The van der Waals surface area contributed by atoms with E-state index >= 15 is 0 Å². The molecule has 168 valence electrons. The fourth-order valence-corrected chi connectivity index (χ4v) is 3.04. The lowest BCUT2D eigenvalue weighted by Gasteiger charge is -2.33. The van der Waals surface area contributed by atoms with E-state index in [0.29, 0.717) is 32.4 Å². The lowest BCUT2D eigenvalue weighted by atomic mass is 10.1. The average Bonchev–Trinajstić information content (AvgIpc) is 2.68. The lowest BCUT2D eigenvalue weighted by Crippen LogP contribution is -2.49. The van der Waals surface area contributed by atoms with Crippen LogP contribution in [0.3, 0.4) is 0 Å². The van der Waals surface area contributed by atoms with Gasteiger partial charge in [0.05, 0.1) is 26.4 Å². The molecular formula is C20H43IN4O3. The van der Waals surface area contributed by atoms with E-state index in [1.807, 2.05) is 0 Å². The number of piperidine rings is 1. The predicted molar refractivity (Wildman–Crippen MR) is 127 cm³/mol. The molecule has 0 bridgehead atoms. The third kappa shape index (κ3) is 14.8. The maximum Gasteiger partial charge on any atom is 0.191 e. The van der Waals surface area contributed by atoms with Gasteiger partial charge in [-0.05, 0) is 32.6 Å². The number of nitrogens with zero attached hydrogens (tertiary/aromatic N) is 2. The van der Waals surface area contributed by atoms with Crippen molar-refractivity contribution in [1.82, 2.24) is 15.5 Å². The second-order valence-electron chi connectivity index (χ2n) is 6.95. The van der Waals surface area contributed by atoms with Gasteiger partial charge in [-0.2, -0.15) is 0 Å². The van der Waals surface area contributed by atoms with Gasteiger partial charge in [0.25, 0.3) is 0 Å². The first-order valence-corrected chi connectivity index (χ1v) is 10.7. The molecule has 0 unspecified atom stereocenters. The molecule has 28 heavy (non-hydrogen) atoms. The number of unbranched alkanes of at least 4 members (excludes halogenated alkanes) is 1. The molecule has 0 aromatic rings. The number of halogens is 1. The van der Waals surface area contributed by atoms with E-state index in [1.54, 1.807) is 7.11 Å². The van der Waals surface area contributed by atoms with E-state index < -0.39 is 0 Å². The fourth-order valence-electron chi connectivity index (χ4n) is 3.04. The maximum atomic E-state index is 5.59. The smallest absolute Gasteiger partial charge is 0.191 e. The summed E-state index contributed by atoms with van der Waals surface area (Å²) in [5, 5.41) is 6.91. The number of aliphatic imine (C=N–C) groups is 1. The summed E-state index contributed by atoms with van der Waals surface area (Å²) in [6.07, 6.45) is 5.71. The largest absolute Gasteiger partial charge is 0.385 e. The van der Waals surface area contributed by atoms with E-state index in [-0.39, 0.29) is 24.0 Å². The van der Waals surface area contributed by atoms with Crippen LogP contribution in [0.1, 0.15) is 46.0 Å². The zero-order chi connectivity index (χ0) is 19.6. The molecule has 7 nitrogen and oxygen atoms in total. The average molecular weight is 514 g/mol. The monoisotopic (exact) mass is 514 g/mol. The molecule has 1 saturated heterocycles. The molecule has 1 rings (SSSR count). The quantitative estimate of drug-likeness (QED) is 0.152. The van der Waals surface area contributed by atoms with Crippen molar-refractivity contribution < 1.29 is 14.2 Å². The second-order valence-corrected chi connectivity index (χ2v) is 6.95. The van der Waals surface area contributed by atoms with Crippen LogP contribution in [-0.4, -0.2) is 89.8 Å². The van der Waals surface area contributed by atoms with Crippen LogP contribution in [0.25, 0.3) is 0 Å². The SMILES string of the molecule is CCCCOCCOCCN=C(NCC)NC1CCN(CCCOC)CC1.I. The van der Waals surface area contributed by atoms with Crippen molar-refractivity contribution in [1.29, 1.82) is 0 Å². The summed E-state index contributed by atoms with van der Waals surface area (Å²) in [5.74, 6) is 0.901. The Hall–Kier alpha value is -0.160. The number of hydrogen-bond donors (Lipinski definition) is 2. The van der Waals surface area contributed by atoms with Crippen LogP contribution in [-0.2, 0) is 14.2 Å². The molecule has 0 saturated carbocycles. The van der Waals surface area contributed by atoms with E-state index in [2.05, 4.69) is 34.4 Å². The number of hydrogen-bond acceptors (Lipinski definition) is 5. The van der Waals surface area contributed by atoms with Crippen LogP contribution in [0.5, 0.6) is 0 Å². The summed E-state index contributed by atoms with van der Waals surface area (Å²) in [7, 11) is 1.77. The first kappa shape index (κ1) is 27.8. The van der Waals surface area contributed by atoms with Crippen LogP contribution in [0, 0.1) is 0 Å². The molecule has 8 heteroatoms. The molecule has 0 aromatic heterocycles. The Balaban J connectivity index is 0.00000729. The Kier molecular flexibility index (Phi) is 20.0. The number of ether oxygens (including phenoxy) is 3. The summed E-state index contributed by atoms with van der Waals surface area (Å²) in [4.78, 5) is 7.16. The first-order chi connectivity index (χ1) is 13.3. The molecule has 1 fully saturated rings. The van der Waals surface area contributed by atoms with Gasteiger partial charge in [0.15, 0.2) is 5.96 Å². The first-order valence-electron chi connectivity index (χ1n) is 10.7. The maximum absolute atomic E-state index is 5.59. The summed E-state index contributed by atoms with van der Waals surface area (Å²) < 4.78 is 16.2. The van der Waals surface area contributed by atoms with Gasteiger partial charge < -0.3 is 29.7 Å². The minimum atomic E-state index is 0. The van der Waals surface area contributed by atoms with Crippen molar-refractivity contribution in [3.05, 3.63) is 0 Å². The molecule has 0 radical (unpaired) electrons. The van der Waals surface area contributed by atoms with E-state index in [4.69, 9.17) is 14.2 Å². The van der Waals surface area contributed by atoms with Crippen LogP contribution < -0.4 is 10.6 Å². The van der Waals surface area contributed by atoms with Gasteiger partial charge in [-0.25, -0.2) is 0 Å². The highest BCUT2D eigenvalue weighted by atomic mass is 127. The topological polar surface area (TPSA) is 67.4 Å². The van der Waals surface area contributed by atoms with Gasteiger partial charge in [-0.1, -0.05) is 13.3 Å². The minimum absolute atomic E-state index is 0. The van der Waals surface area contributed by atoms with Crippen molar-refractivity contribution in [3.8, 4) is 0 Å². The molecule has 0 aromatic carbocycles. The van der Waals surface area contributed by atoms with Gasteiger partial charge in [-0.15, -0.1) is 24.0 Å². The molecule has 0 atom stereocenters. The minimum Gasteiger partial charge on any atom is -0.385 e. The molecule has 1 aliphatic heterocycles. The van der Waals surface area contributed by atoms with Gasteiger partial charge in [0.1, 0.15) is 0 Å². The molecule has 2 N–H and O–H groups in total. The molecule has 1 aliphatic rings. The van der Waals surface area contributed by atoms with Crippen molar-refractivity contribution in [3.63, 3.8) is 0 Å². The van der Waals surface area contributed by atoms with Crippen molar-refractivity contribution in [2.45, 2.75) is 52.0 Å². The van der Waals surface area contributed by atoms with E-state index in [0.717, 1.165) is 71.0 Å². The van der Waals surface area contributed by atoms with Crippen molar-refractivity contribution >= 4 is 29.9 Å². The zero-order valence-electron chi connectivity index (χ0n) is 18.2. The van der Waals surface area contributed by atoms with Gasteiger partial charge in [0.2, 0.25) is 0 Å². The molecule has 0 aliphatic carbocycles. The Morgan fingerprint density at radius 2 is 1.71 bits per heavy atom. The number of likely N-dealkylation sites (tertiary alicyclic amines) is 1. The van der Waals surface area contributed by atoms with E-state index in [9.17, 15) is 0 Å². The summed E-state index contributed by atoms with van der Waals surface area (Å²) >= 11 is 0. The zero-order valence-corrected chi connectivity index (χ0v) is 20.5. The highest BCUT2D eigenvalue weighted by molar-refractivity contribution is 14.0. The predicted octanol–water partition coefficient (Wildman–Crippen LogP) is 2.49. The number of guanidine groups is 1. The third-order valence-electron chi connectivity index (χ3n) is 4.62. The normalized spacial score (nSPS) is 16.0. The van der Waals surface area contributed by atoms with Gasteiger partial charge in [0, 0.05) is 52.5 Å². The van der Waals surface area contributed by atoms with Gasteiger partial charge >= 0.3 is 0 Å². The Morgan fingerprint density at radius 3 is 2.36 bits per heavy atom. The van der Waals surface area contributed by atoms with Gasteiger partial charge in [-0.3, -0.25) is 4.99 Å². The number of methoxy groups -OCH3 is 1. The van der Waals surface area contributed by atoms with Crippen LogP contribution in [0.15, 0.2) is 4.99 Å². The Morgan fingerprint density at radius 1 is 1.00 bits per heavy atom. The standard InChI is InChI=1S/C20H42N4O3.HI/c1-4-6-15-26-17-18-27-16-10-22-20(21-5-2)23-19-8-12-24(13-9-19)11-7-14-25-3;/h19H,4-18H2,1-3H3,(H2,21,22,23);1H. The lowest BCUT2D eigenvalue weighted by molar-refractivity contribution is 0.0497. The third-order valence-corrected chi connectivity index (χ3v) is 4.62. The van der Waals surface area contributed by atoms with E-state index in [1.165, 1.54) is 6.42 Å². The fraction of sp³-hybridized carbons (Fsp3) is 0.950. The highest BCUT2D eigenvalue weighted by Gasteiger charge is 2.19. The van der Waals surface area contributed by atoms with Crippen molar-refractivity contribution in [2.24, 2.45) is 4.99 Å². The highest BCUT2D eigenvalue weighted by Crippen LogP contribution is 2.10. The molecular weight excluding hydrogens is 471 g/mol. The molecule has 1 heterocycles. The van der Waals surface area contributed by atoms with Crippen LogP contribution >= 0.6 is 24.0 Å². The Labute approximate surface area is 189 Å². The number of rotatable bonds is 15. The summed E-state index contributed by atoms with van der Waals surface area (Å²) in [6.45, 7) is 12.8. The Bertz CT molecular complexity index is 367. The van der Waals surface area contributed by atoms with Crippen LogP contribution in [0.2, 0.25) is 0 Å². The summed E-state index contributed by atoms with van der Waals surface area (Å²) in [5.41, 5.74) is 0. The molecule has 0 amide bonds. The molecule has 0 spiro atoms. The van der Waals surface area contributed by atoms with Crippen LogP contribution in [0.4, 0.5) is 0 Å². The second kappa shape index (κ2) is 20.1. The summed E-state index contributed by atoms with van der Waals surface area (Å²) in [6, 6.07) is 0.495.